The molecule has 2 aromatic rings. The summed E-state index contributed by atoms with van der Waals surface area (Å²) in [5.41, 5.74) is 6.91. The highest BCUT2D eigenvalue weighted by molar-refractivity contribution is 9.10. The number of hydrogen-bond donors (Lipinski definition) is 2. The topological polar surface area (TPSA) is 81.0 Å². The first kappa shape index (κ1) is 11.7. The van der Waals surface area contributed by atoms with Crippen LogP contribution in [0.15, 0.2) is 28.7 Å². The van der Waals surface area contributed by atoms with Gasteiger partial charge in [0.05, 0.1) is 17.3 Å². The van der Waals surface area contributed by atoms with Crippen LogP contribution in [0.5, 0.6) is 5.75 Å². The molecule has 0 spiro atoms. The first-order valence-corrected chi connectivity index (χ1v) is 5.60. The first-order valence-electron chi connectivity index (χ1n) is 4.81. The predicted octanol–water partition coefficient (Wildman–Crippen LogP) is 1.95. The second kappa shape index (κ2) is 4.58. The van der Waals surface area contributed by atoms with Crippen LogP contribution < -0.4 is 10.5 Å². The molecule has 1 heterocycles. The number of nitrogens with one attached hydrogen (secondary N) is 1. The lowest BCUT2D eigenvalue weighted by Gasteiger charge is -2.04. The molecule has 1 amide bonds. The Morgan fingerprint density at radius 2 is 2.24 bits per heavy atom. The standard InChI is InChI=1S/C11H10BrN3O2/c1-17-10-4-6(2-3-7(10)12)8-5-9(11(13)16)15-14-8/h2-5H,1H3,(H2,13,16)(H,14,15). The van der Waals surface area contributed by atoms with E-state index < -0.39 is 5.91 Å². The van der Waals surface area contributed by atoms with Crippen molar-refractivity contribution in [2.45, 2.75) is 0 Å². The largest absolute Gasteiger partial charge is 0.496 e. The van der Waals surface area contributed by atoms with Crippen LogP contribution in [0.4, 0.5) is 0 Å². The number of methoxy groups -OCH3 is 1. The zero-order chi connectivity index (χ0) is 12.4. The van der Waals surface area contributed by atoms with E-state index in [1.54, 1.807) is 13.2 Å². The molecule has 0 aliphatic carbocycles. The number of benzene rings is 1. The van der Waals surface area contributed by atoms with Crippen LogP contribution in [-0.2, 0) is 0 Å². The maximum Gasteiger partial charge on any atom is 0.266 e. The van der Waals surface area contributed by atoms with Crippen LogP contribution in [0.25, 0.3) is 11.3 Å². The second-order valence-electron chi connectivity index (χ2n) is 3.38. The molecule has 0 bridgehead atoms. The SMILES string of the molecule is COc1cc(-c2cc(C(N)=O)[nH]n2)ccc1Br. The number of H-pyrrole nitrogens is 1. The lowest BCUT2D eigenvalue weighted by Crippen LogP contribution is -2.10. The van der Waals surface area contributed by atoms with Crippen molar-refractivity contribution in [3.8, 4) is 17.0 Å². The van der Waals surface area contributed by atoms with Gasteiger partial charge in [0.25, 0.3) is 5.91 Å². The zero-order valence-electron chi connectivity index (χ0n) is 9.03. The minimum atomic E-state index is -0.534. The van der Waals surface area contributed by atoms with Crippen molar-refractivity contribution in [3.05, 3.63) is 34.4 Å². The van der Waals surface area contributed by atoms with Crippen LogP contribution in [0.2, 0.25) is 0 Å². The fourth-order valence-corrected chi connectivity index (χ4v) is 1.82. The van der Waals surface area contributed by atoms with E-state index in [4.69, 9.17) is 10.5 Å². The molecule has 2 rings (SSSR count). The highest BCUT2D eigenvalue weighted by Crippen LogP contribution is 2.29. The van der Waals surface area contributed by atoms with Gasteiger partial charge in [0.15, 0.2) is 0 Å². The summed E-state index contributed by atoms with van der Waals surface area (Å²) in [4.78, 5) is 10.9. The summed E-state index contributed by atoms with van der Waals surface area (Å²) in [6, 6.07) is 7.15. The van der Waals surface area contributed by atoms with Gasteiger partial charge in [0, 0.05) is 5.56 Å². The normalized spacial score (nSPS) is 10.2. The molecule has 5 nitrogen and oxygen atoms in total. The van der Waals surface area contributed by atoms with Crippen LogP contribution in [0, 0.1) is 0 Å². The number of ether oxygens (including phenoxy) is 1. The van der Waals surface area contributed by atoms with Gasteiger partial charge in [-0.05, 0) is 34.1 Å². The maximum atomic E-state index is 10.9. The Kier molecular flexibility index (Phi) is 3.14. The highest BCUT2D eigenvalue weighted by Gasteiger charge is 2.09. The van der Waals surface area contributed by atoms with Crippen LogP contribution in [0.3, 0.4) is 0 Å². The van der Waals surface area contributed by atoms with E-state index in [0.29, 0.717) is 11.4 Å². The summed E-state index contributed by atoms with van der Waals surface area (Å²) < 4.78 is 6.04. The molecular weight excluding hydrogens is 286 g/mol. The Morgan fingerprint density at radius 1 is 1.47 bits per heavy atom. The molecule has 0 aliphatic heterocycles. The Balaban J connectivity index is 2.42. The van der Waals surface area contributed by atoms with Crippen LogP contribution in [-0.4, -0.2) is 23.2 Å². The van der Waals surface area contributed by atoms with Crippen LogP contribution in [0.1, 0.15) is 10.5 Å². The first-order chi connectivity index (χ1) is 8.11. The summed E-state index contributed by atoms with van der Waals surface area (Å²) in [6.45, 7) is 0. The molecule has 6 heteroatoms. The van der Waals surface area contributed by atoms with Crippen molar-refractivity contribution in [3.63, 3.8) is 0 Å². The van der Waals surface area contributed by atoms with Crippen molar-refractivity contribution in [2.75, 3.05) is 7.11 Å². The molecule has 0 atom stereocenters. The van der Waals surface area contributed by atoms with E-state index in [1.807, 2.05) is 18.2 Å². The molecule has 0 aliphatic rings. The average molecular weight is 296 g/mol. The number of primary amides is 1. The van der Waals surface area contributed by atoms with Gasteiger partial charge in [-0.2, -0.15) is 5.10 Å². The quantitative estimate of drug-likeness (QED) is 0.908. The monoisotopic (exact) mass is 295 g/mol. The third-order valence-corrected chi connectivity index (χ3v) is 2.95. The smallest absolute Gasteiger partial charge is 0.266 e. The molecule has 17 heavy (non-hydrogen) atoms. The van der Waals surface area contributed by atoms with Gasteiger partial charge in [0.2, 0.25) is 0 Å². The van der Waals surface area contributed by atoms with Gasteiger partial charge in [-0.3, -0.25) is 9.89 Å². The fraction of sp³-hybridized carbons (Fsp3) is 0.0909. The minimum Gasteiger partial charge on any atom is -0.496 e. The molecule has 0 unspecified atom stereocenters. The second-order valence-corrected chi connectivity index (χ2v) is 4.23. The van der Waals surface area contributed by atoms with E-state index in [0.717, 1.165) is 10.0 Å². The van der Waals surface area contributed by atoms with Crippen molar-refractivity contribution in [1.29, 1.82) is 0 Å². The van der Waals surface area contributed by atoms with Gasteiger partial charge < -0.3 is 10.5 Å². The Labute approximate surface area is 106 Å². The fourth-order valence-electron chi connectivity index (χ4n) is 1.41. The van der Waals surface area contributed by atoms with E-state index in [1.165, 1.54) is 0 Å². The number of halogens is 1. The van der Waals surface area contributed by atoms with E-state index in [2.05, 4.69) is 26.1 Å². The molecule has 88 valence electrons. The molecule has 0 radical (unpaired) electrons. The summed E-state index contributed by atoms with van der Waals surface area (Å²) in [5.74, 6) is 0.166. The third kappa shape index (κ3) is 2.31. The lowest BCUT2D eigenvalue weighted by atomic mass is 10.1. The number of hydrogen-bond acceptors (Lipinski definition) is 3. The van der Waals surface area contributed by atoms with Gasteiger partial charge >= 0.3 is 0 Å². The average Bonchev–Trinajstić information content (AvgIpc) is 2.79. The highest BCUT2D eigenvalue weighted by atomic mass is 79.9. The number of aromatic nitrogens is 2. The van der Waals surface area contributed by atoms with Crippen LogP contribution >= 0.6 is 15.9 Å². The third-order valence-electron chi connectivity index (χ3n) is 2.29. The Bertz CT molecular complexity index is 566. The maximum absolute atomic E-state index is 10.9. The number of rotatable bonds is 3. The van der Waals surface area contributed by atoms with Gasteiger partial charge in [-0.15, -0.1) is 0 Å². The van der Waals surface area contributed by atoms with Gasteiger partial charge in [-0.1, -0.05) is 6.07 Å². The summed E-state index contributed by atoms with van der Waals surface area (Å²) in [7, 11) is 1.59. The Hall–Kier alpha value is -1.82. The van der Waals surface area contributed by atoms with E-state index in [9.17, 15) is 4.79 Å². The van der Waals surface area contributed by atoms with E-state index in [-0.39, 0.29) is 5.69 Å². The predicted molar refractivity (Wildman–Crippen MR) is 66.8 cm³/mol. The lowest BCUT2D eigenvalue weighted by molar-refractivity contribution is 0.0995. The van der Waals surface area contributed by atoms with Gasteiger partial charge in [0.1, 0.15) is 11.4 Å². The van der Waals surface area contributed by atoms with E-state index >= 15 is 0 Å². The molecule has 0 saturated carbocycles. The molecule has 0 saturated heterocycles. The minimum absolute atomic E-state index is 0.280. The van der Waals surface area contributed by atoms with Crippen molar-refractivity contribution in [2.24, 2.45) is 5.73 Å². The molecule has 1 aromatic heterocycles. The number of amides is 1. The van der Waals surface area contributed by atoms with Gasteiger partial charge in [-0.25, -0.2) is 0 Å². The molecular formula is C11H10BrN3O2. The number of nitrogens with two attached hydrogens (primary N) is 1. The zero-order valence-corrected chi connectivity index (χ0v) is 10.6. The summed E-state index contributed by atoms with van der Waals surface area (Å²) in [5, 5.41) is 6.59. The number of aromatic amines is 1. The van der Waals surface area contributed by atoms with Crippen molar-refractivity contribution in [1.82, 2.24) is 10.2 Å². The summed E-state index contributed by atoms with van der Waals surface area (Å²) in [6.07, 6.45) is 0. The number of carbonyl (C=O) groups is 1. The number of carbonyl (C=O) groups excluding carboxylic acids is 1. The van der Waals surface area contributed by atoms with Crippen molar-refractivity contribution < 1.29 is 9.53 Å². The Morgan fingerprint density at radius 3 is 2.82 bits per heavy atom. The number of nitrogens with zero attached hydrogens (tertiary/aromatic N) is 1. The summed E-state index contributed by atoms with van der Waals surface area (Å²) >= 11 is 3.36. The molecule has 1 aromatic carbocycles. The molecule has 3 N–H and O–H groups in total. The molecule has 0 fully saturated rings. The van der Waals surface area contributed by atoms with Crippen molar-refractivity contribution >= 4 is 21.8 Å².